The molecule has 0 amide bonds. The Hall–Kier alpha value is -0.0800. The molecular formula is C16H32N2. The second-order valence-electron chi connectivity index (χ2n) is 7.06. The van der Waals surface area contributed by atoms with Crippen molar-refractivity contribution in [2.45, 2.75) is 65.3 Å². The summed E-state index contributed by atoms with van der Waals surface area (Å²) in [5.74, 6) is 0.813. The van der Waals surface area contributed by atoms with Gasteiger partial charge in [0.05, 0.1) is 0 Å². The summed E-state index contributed by atoms with van der Waals surface area (Å²) in [6.07, 6.45) is 8.46. The first-order valence-corrected chi connectivity index (χ1v) is 8.09. The van der Waals surface area contributed by atoms with Crippen molar-refractivity contribution in [3.8, 4) is 0 Å². The summed E-state index contributed by atoms with van der Waals surface area (Å²) < 4.78 is 0. The van der Waals surface area contributed by atoms with Gasteiger partial charge in [-0.15, -0.1) is 0 Å². The highest BCUT2D eigenvalue weighted by molar-refractivity contribution is 4.90. The number of likely N-dealkylation sites (tertiary alicyclic amines) is 1. The summed E-state index contributed by atoms with van der Waals surface area (Å²) in [7, 11) is 0. The lowest BCUT2D eigenvalue weighted by Gasteiger charge is -2.43. The van der Waals surface area contributed by atoms with E-state index < -0.39 is 0 Å². The average molecular weight is 252 g/mol. The zero-order valence-electron chi connectivity index (χ0n) is 12.7. The fourth-order valence-electron chi connectivity index (χ4n) is 3.53. The van der Waals surface area contributed by atoms with Crippen LogP contribution in [0.5, 0.6) is 0 Å². The highest BCUT2D eigenvalue weighted by Gasteiger charge is 2.35. The third-order valence-corrected chi connectivity index (χ3v) is 5.14. The van der Waals surface area contributed by atoms with Crippen LogP contribution in [0.4, 0.5) is 0 Å². The quantitative estimate of drug-likeness (QED) is 0.780. The Bertz CT molecular complexity index is 232. The summed E-state index contributed by atoms with van der Waals surface area (Å²) in [6, 6.07) is 0.789. The minimum Gasteiger partial charge on any atom is -0.313 e. The molecule has 1 N–H and O–H groups in total. The van der Waals surface area contributed by atoms with Gasteiger partial charge in [0.25, 0.3) is 0 Å². The van der Waals surface area contributed by atoms with E-state index >= 15 is 0 Å². The molecule has 0 aromatic heterocycles. The molecule has 0 atom stereocenters. The van der Waals surface area contributed by atoms with E-state index in [-0.39, 0.29) is 0 Å². The van der Waals surface area contributed by atoms with E-state index in [1.54, 1.807) is 0 Å². The number of piperidine rings is 1. The van der Waals surface area contributed by atoms with Crippen molar-refractivity contribution in [3.63, 3.8) is 0 Å². The van der Waals surface area contributed by atoms with Gasteiger partial charge in [-0.2, -0.15) is 0 Å². The summed E-state index contributed by atoms with van der Waals surface area (Å²) in [6.45, 7) is 12.2. The van der Waals surface area contributed by atoms with Crippen molar-refractivity contribution in [3.05, 3.63) is 0 Å². The molecule has 1 aliphatic heterocycles. The minimum atomic E-state index is 0.676. The Kier molecular flexibility index (Phi) is 5.08. The van der Waals surface area contributed by atoms with E-state index in [4.69, 9.17) is 0 Å². The SMILES string of the molecule is CCC1(CNC2CCN(CC(C)C)CC2)CCC1. The Morgan fingerprint density at radius 3 is 2.33 bits per heavy atom. The molecule has 0 unspecified atom stereocenters. The molecule has 2 aliphatic rings. The summed E-state index contributed by atoms with van der Waals surface area (Å²) >= 11 is 0. The van der Waals surface area contributed by atoms with Crippen molar-refractivity contribution in [2.75, 3.05) is 26.2 Å². The van der Waals surface area contributed by atoms with Crippen molar-refractivity contribution < 1.29 is 0 Å². The summed E-state index contributed by atoms with van der Waals surface area (Å²) in [4.78, 5) is 2.64. The molecule has 0 bridgehead atoms. The Morgan fingerprint density at radius 2 is 1.89 bits per heavy atom. The van der Waals surface area contributed by atoms with Crippen LogP contribution in [0.15, 0.2) is 0 Å². The maximum absolute atomic E-state index is 3.86. The van der Waals surface area contributed by atoms with Crippen molar-refractivity contribution in [1.29, 1.82) is 0 Å². The predicted octanol–water partition coefficient (Wildman–Crippen LogP) is 3.28. The van der Waals surface area contributed by atoms with Crippen LogP contribution in [0.3, 0.4) is 0 Å². The second-order valence-corrected chi connectivity index (χ2v) is 7.06. The molecule has 1 saturated heterocycles. The Balaban J connectivity index is 1.64. The second kappa shape index (κ2) is 6.38. The van der Waals surface area contributed by atoms with Gasteiger partial charge in [0.1, 0.15) is 0 Å². The monoisotopic (exact) mass is 252 g/mol. The molecule has 1 saturated carbocycles. The molecule has 2 fully saturated rings. The van der Waals surface area contributed by atoms with Crippen LogP contribution in [0, 0.1) is 11.3 Å². The van der Waals surface area contributed by atoms with Gasteiger partial charge >= 0.3 is 0 Å². The third kappa shape index (κ3) is 3.71. The van der Waals surface area contributed by atoms with Gasteiger partial charge in [0, 0.05) is 19.1 Å². The molecule has 0 aromatic rings. The normalized spacial score (nSPS) is 25.3. The van der Waals surface area contributed by atoms with Crippen molar-refractivity contribution >= 4 is 0 Å². The van der Waals surface area contributed by atoms with Crippen molar-refractivity contribution in [1.82, 2.24) is 10.2 Å². The molecular weight excluding hydrogens is 220 g/mol. The van der Waals surface area contributed by atoms with Crippen LogP contribution in [-0.4, -0.2) is 37.1 Å². The van der Waals surface area contributed by atoms with Gasteiger partial charge < -0.3 is 10.2 Å². The largest absolute Gasteiger partial charge is 0.313 e. The first kappa shape index (κ1) is 14.3. The van der Waals surface area contributed by atoms with Crippen LogP contribution in [0.25, 0.3) is 0 Å². The number of hydrogen-bond acceptors (Lipinski definition) is 2. The van der Waals surface area contributed by atoms with E-state index in [0.29, 0.717) is 5.41 Å². The van der Waals surface area contributed by atoms with E-state index in [9.17, 15) is 0 Å². The van der Waals surface area contributed by atoms with E-state index in [2.05, 4.69) is 31.0 Å². The minimum absolute atomic E-state index is 0.676. The van der Waals surface area contributed by atoms with Gasteiger partial charge in [0.2, 0.25) is 0 Å². The van der Waals surface area contributed by atoms with Gasteiger partial charge in [-0.3, -0.25) is 0 Å². The van der Waals surface area contributed by atoms with Crippen LogP contribution < -0.4 is 5.32 Å². The lowest BCUT2D eigenvalue weighted by Crippen LogP contribution is -2.48. The molecule has 2 rings (SSSR count). The summed E-state index contributed by atoms with van der Waals surface area (Å²) in [5.41, 5.74) is 0.676. The molecule has 106 valence electrons. The summed E-state index contributed by atoms with van der Waals surface area (Å²) in [5, 5.41) is 3.86. The Morgan fingerprint density at radius 1 is 1.22 bits per heavy atom. The lowest BCUT2D eigenvalue weighted by molar-refractivity contribution is 0.107. The molecule has 1 aliphatic carbocycles. The molecule has 0 radical (unpaired) electrons. The molecule has 2 nitrogen and oxygen atoms in total. The van der Waals surface area contributed by atoms with E-state index in [0.717, 1.165) is 12.0 Å². The fourth-order valence-corrected chi connectivity index (χ4v) is 3.53. The molecule has 0 aromatic carbocycles. The first-order chi connectivity index (χ1) is 8.63. The van der Waals surface area contributed by atoms with Crippen LogP contribution >= 0.6 is 0 Å². The van der Waals surface area contributed by atoms with Crippen LogP contribution in [0.1, 0.15) is 59.3 Å². The van der Waals surface area contributed by atoms with E-state index in [1.165, 1.54) is 64.7 Å². The Labute approximate surface area is 114 Å². The number of rotatable bonds is 6. The van der Waals surface area contributed by atoms with Gasteiger partial charge in [-0.05, 0) is 56.5 Å². The molecule has 2 heteroatoms. The molecule has 1 heterocycles. The van der Waals surface area contributed by atoms with Crippen LogP contribution in [0.2, 0.25) is 0 Å². The van der Waals surface area contributed by atoms with Gasteiger partial charge in [-0.25, -0.2) is 0 Å². The van der Waals surface area contributed by atoms with Gasteiger partial charge in [0.15, 0.2) is 0 Å². The molecule has 18 heavy (non-hydrogen) atoms. The highest BCUT2D eigenvalue weighted by Crippen LogP contribution is 2.43. The third-order valence-electron chi connectivity index (χ3n) is 5.14. The van der Waals surface area contributed by atoms with Crippen LogP contribution in [-0.2, 0) is 0 Å². The van der Waals surface area contributed by atoms with E-state index in [1.807, 2.05) is 0 Å². The van der Waals surface area contributed by atoms with Crippen molar-refractivity contribution in [2.24, 2.45) is 11.3 Å². The lowest BCUT2D eigenvalue weighted by atomic mass is 9.67. The number of nitrogens with one attached hydrogen (secondary N) is 1. The zero-order valence-corrected chi connectivity index (χ0v) is 12.7. The first-order valence-electron chi connectivity index (χ1n) is 8.09. The maximum atomic E-state index is 3.86. The standard InChI is InChI=1S/C16H32N2/c1-4-16(8-5-9-16)13-17-15-6-10-18(11-7-15)12-14(2)3/h14-15,17H,4-13H2,1-3H3. The molecule has 0 spiro atoms. The average Bonchev–Trinajstić information content (AvgIpc) is 2.30. The maximum Gasteiger partial charge on any atom is 0.00916 e. The topological polar surface area (TPSA) is 15.3 Å². The highest BCUT2D eigenvalue weighted by atomic mass is 15.1. The van der Waals surface area contributed by atoms with Gasteiger partial charge in [-0.1, -0.05) is 27.2 Å². The number of hydrogen-bond donors (Lipinski definition) is 1. The number of nitrogens with zero attached hydrogens (tertiary/aromatic N) is 1. The fraction of sp³-hybridized carbons (Fsp3) is 1.00. The zero-order chi connectivity index (χ0) is 13.0. The smallest absolute Gasteiger partial charge is 0.00916 e. The predicted molar refractivity (Wildman–Crippen MR) is 78.9 cm³/mol.